The quantitative estimate of drug-likeness (QED) is 0.749. The summed E-state index contributed by atoms with van der Waals surface area (Å²) in [4.78, 5) is 0. The summed E-state index contributed by atoms with van der Waals surface area (Å²) >= 11 is 0. The lowest BCUT2D eigenvalue weighted by Gasteiger charge is -2.17. The van der Waals surface area contributed by atoms with Gasteiger partial charge in [-0.3, -0.25) is 0 Å². The molecule has 0 saturated heterocycles. The molecule has 0 amide bonds. The van der Waals surface area contributed by atoms with Gasteiger partial charge in [0.15, 0.2) is 0 Å². The first-order valence-corrected chi connectivity index (χ1v) is 7.45. The smallest absolute Gasteiger partial charge is 0.123 e. The SMILES string of the molecule is C=CCc1cc2c(cc1O)[C@@H](CCCC)[C@H](CCO)O2. The molecule has 110 valence electrons. The first kappa shape index (κ1) is 14.9. The lowest BCUT2D eigenvalue weighted by atomic mass is 9.88. The van der Waals surface area contributed by atoms with E-state index in [0.717, 1.165) is 36.1 Å². The van der Waals surface area contributed by atoms with Crippen LogP contribution in [0.1, 0.15) is 49.7 Å². The van der Waals surface area contributed by atoms with Gasteiger partial charge in [-0.25, -0.2) is 0 Å². The van der Waals surface area contributed by atoms with Crippen molar-refractivity contribution in [3.63, 3.8) is 0 Å². The summed E-state index contributed by atoms with van der Waals surface area (Å²) in [5.74, 6) is 1.46. The molecule has 3 nitrogen and oxygen atoms in total. The highest BCUT2D eigenvalue weighted by molar-refractivity contribution is 5.50. The monoisotopic (exact) mass is 276 g/mol. The van der Waals surface area contributed by atoms with E-state index in [-0.39, 0.29) is 18.6 Å². The maximum absolute atomic E-state index is 10.1. The van der Waals surface area contributed by atoms with Crippen LogP contribution in [-0.4, -0.2) is 22.9 Å². The van der Waals surface area contributed by atoms with E-state index < -0.39 is 0 Å². The number of rotatable bonds is 7. The van der Waals surface area contributed by atoms with Crippen LogP contribution in [0, 0.1) is 0 Å². The summed E-state index contributed by atoms with van der Waals surface area (Å²) in [6.07, 6.45) is 6.38. The number of ether oxygens (including phenoxy) is 1. The number of unbranched alkanes of at least 4 members (excludes halogenated alkanes) is 1. The summed E-state index contributed by atoms with van der Waals surface area (Å²) in [5, 5.41) is 19.3. The van der Waals surface area contributed by atoms with Crippen molar-refractivity contribution in [1.29, 1.82) is 0 Å². The summed E-state index contributed by atoms with van der Waals surface area (Å²) in [6, 6.07) is 3.76. The van der Waals surface area contributed by atoms with Gasteiger partial charge >= 0.3 is 0 Å². The Hall–Kier alpha value is -1.48. The highest BCUT2D eigenvalue weighted by atomic mass is 16.5. The second kappa shape index (κ2) is 6.80. The zero-order chi connectivity index (χ0) is 14.5. The molecule has 1 aliphatic rings. The van der Waals surface area contributed by atoms with Crippen LogP contribution < -0.4 is 4.74 Å². The van der Waals surface area contributed by atoms with Crippen molar-refractivity contribution in [3.05, 3.63) is 35.9 Å². The van der Waals surface area contributed by atoms with E-state index in [1.165, 1.54) is 0 Å². The fourth-order valence-electron chi connectivity index (χ4n) is 2.94. The molecule has 0 unspecified atom stereocenters. The normalized spacial score (nSPS) is 20.5. The molecule has 2 rings (SSSR count). The zero-order valence-corrected chi connectivity index (χ0v) is 12.1. The molecule has 1 aliphatic heterocycles. The van der Waals surface area contributed by atoms with Crippen LogP contribution in [0.5, 0.6) is 11.5 Å². The number of aromatic hydroxyl groups is 1. The molecule has 2 atom stereocenters. The fraction of sp³-hybridized carbons (Fsp3) is 0.529. The highest BCUT2D eigenvalue weighted by Crippen LogP contribution is 2.45. The van der Waals surface area contributed by atoms with Gasteiger partial charge in [-0.15, -0.1) is 6.58 Å². The third-order valence-electron chi connectivity index (χ3n) is 3.98. The molecule has 0 radical (unpaired) electrons. The minimum absolute atomic E-state index is 0.0277. The molecule has 0 bridgehead atoms. The van der Waals surface area contributed by atoms with Gasteiger partial charge in [-0.2, -0.15) is 0 Å². The molecule has 0 aliphatic carbocycles. The Balaban J connectivity index is 2.29. The molecule has 0 spiro atoms. The zero-order valence-electron chi connectivity index (χ0n) is 12.1. The molecule has 0 aromatic heterocycles. The minimum Gasteiger partial charge on any atom is -0.508 e. The van der Waals surface area contributed by atoms with Gasteiger partial charge < -0.3 is 14.9 Å². The van der Waals surface area contributed by atoms with Crippen LogP contribution in [0.2, 0.25) is 0 Å². The predicted molar refractivity (Wildman–Crippen MR) is 80.4 cm³/mol. The van der Waals surface area contributed by atoms with Crippen LogP contribution in [0.25, 0.3) is 0 Å². The number of aliphatic hydroxyl groups is 1. The average molecular weight is 276 g/mol. The van der Waals surface area contributed by atoms with Gasteiger partial charge in [0, 0.05) is 30.1 Å². The number of phenols is 1. The van der Waals surface area contributed by atoms with E-state index in [9.17, 15) is 10.2 Å². The van der Waals surface area contributed by atoms with Gasteiger partial charge in [-0.1, -0.05) is 25.8 Å². The molecule has 1 heterocycles. The summed E-state index contributed by atoms with van der Waals surface area (Å²) in [5.41, 5.74) is 1.93. The average Bonchev–Trinajstić information content (AvgIpc) is 2.74. The van der Waals surface area contributed by atoms with E-state index >= 15 is 0 Å². The van der Waals surface area contributed by atoms with Crippen molar-refractivity contribution in [1.82, 2.24) is 0 Å². The van der Waals surface area contributed by atoms with Gasteiger partial charge in [-0.05, 0) is 25.0 Å². The van der Waals surface area contributed by atoms with E-state index in [4.69, 9.17) is 4.74 Å². The van der Waals surface area contributed by atoms with E-state index in [2.05, 4.69) is 13.5 Å². The Morgan fingerprint density at radius 2 is 2.15 bits per heavy atom. The van der Waals surface area contributed by atoms with Gasteiger partial charge in [0.05, 0.1) is 0 Å². The van der Waals surface area contributed by atoms with Gasteiger partial charge in [0.25, 0.3) is 0 Å². The first-order chi connectivity index (χ1) is 9.71. The van der Waals surface area contributed by atoms with Crippen LogP contribution in [0.15, 0.2) is 24.8 Å². The Kier molecular flexibility index (Phi) is 5.07. The third kappa shape index (κ3) is 2.98. The molecule has 3 heteroatoms. The number of hydrogen-bond acceptors (Lipinski definition) is 3. The topological polar surface area (TPSA) is 49.7 Å². The second-order valence-corrected chi connectivity index (χ2v) is 5.43. The molecule has 0 saturated carbocycles. The van der Waals surface area contributed by atoms with Crippen molar-refractivity contribution in [3.8, 4) is 11.5 Å². The van der Waals surface area contributed by atoms with E-state index in [1.807, 2.05) is 12.1 Å². The molecule has 20 heavy (non-hydrogen) atoms. The number of fused-ring (bicyclic) bond motifs is 1. The van der Waals surface area contributed by atoms with E-state index in [1.54, 1.807) is 6.08 Å². The van der Waals surface area contributed by atoms with Crippen molar-refractivity contribution >= 4 is 0 Å². The largest absolute Gasteiger partial charge is 0.508 e. The van der Waals surface area contributed by atoms with Crippen LogP contribution in [0.4, 0.5) is 0 Å². The molecule has 1 aromatic rings. The van der Waals surface area contributed by atoms with Crippen LogP contribution in [0.3, 0.4) is 0 Å². The third-order valence-corrected chi connectivity index (χ3v) is 3.98. The lowest BCUT2D eigenvalue weighted by molar-refractivity contribution is 0.151. The summed E-state index contributed by atoms with van der Waals surface area (Å²) < 4.78 is 5.99. The molecule has 0 fully saturated rings. The van der Waals surface area contributed by atoms with E-state index in [0.29, 0.717) is 18.6 Å². The van der Waals surface area contributed by atoms with Crippen LogP contribution in [-0.2, 0) is 6.42 Å². The van der Waals surface area contributed by atoms with Crippen LogP contribution >= 0.6 is 0 Å². The standard InChI is InChI=1S/C17H24O3/c1-3-5-7-13-14-11-15(19)12(6-4-2)10-17(14)20-16(13)8-9-18/h4,10-11,13,16,18-19H,2-3,5-9H2,1H3/t13-,16+/m1/s1. The van der Waals surface area contributed by atoms with Crippen molar-refractivity contribution in [2.24, 2.45) is 0 Å². The molecule has 2 N–H and O–H groups in total. The number of phenolic OH excluding ortho intramolecular Hbond substituents is 1. The van der Waals surface area contributed by atoms with Crippen molar-refractivity contribution in [2.45, 2.75) is 51.0 Å². The van der Waals surface area contributed by atoms with Gasteiger partial charge in [0.2, 0.25) is 0 Å². The summed E-state index contributed by atoms with van der Waals surface area (Å²) in [6.45, 7) is 6.01. The number of allylic oxidation sites excluding steroid dienone is 1. The van der Waals surface area contributed by atoms with Crippen molar-refractivity contribution in [2.75, 3.05) is 6.61 Å². The summed E-state index contributed by atoms with van der Waals surface area (Å²) in [7, 11) is 0. The molecular weight excluding hydrogens is 252 g/mol. The Labute approximate surface area is 120 Å². The second-order valence-electron chi connectivity index (χ2n) is 5.43. The fourth-order valence-corrected chi connectivity index (χ4v) is 2.94. The Bertz CT molecular complexity index is 468. The number of benzene rings is 1. The highest BCUT2D eigenvalue weighted by Gasteiger charge is 2.34. The first-order valence-electron chi connectivity index (χ1n) is 7.45. The maximum Gasteiger partial charge on any atom is 0.123 e. The number of aliphatic hydroxyl groups excluding tert-OH is 1. The number of hydrogen-bond donors (Lipinski definition) is 2. The minimum atomic E-state index is 0.0277. The van der Waals surface area contributed by atoms with Gasteiger partial charge in [0.1, 0.15) is 17.6 Å². The maximum atomic E-state index is 10.1. The Morgan fingerprint density at radius 3 is 2.80 bits per heavy atom. The molecular formula is C17H24O3. The lowest BCUT2D eigenvalue weighted by Crippen LogP contribution is -2.20. The van der Waals surface area contributed by atoms with Crippen molar-refractivity contribution < 1.29 is 14.9 Å². The molecule has 1 aromatic carbocycles. The Morgan fingerprint density at radius 1 is 1.35 bits per heavy atom. The predicted octanol–water partition coefficient (Wildman–Crippen LogP) is 3.54.